The summed E-state index contributed by atoms with van der Waals surface area (Å²) in [5.74, 6) is -2.49. The van der Waals surface area contributed by atoms with E-state index in [9.17, 15) is 13.6 Å². The third-order valence-corrected chi connectivity index (χ3v) is 3.11. The van der Waals surface area contributed by atoms with Crippen LogP contribution in [0, 0.1) is 0 Å². The van der Waals surface area contributed by atoms with Gasteiger partial charge >= 0.3 is 0 Å². The molecule has 1 aromatic heterocycles. The molecule has 1 amide bonds. The molecule has 1 fully saturated rings. The Bertz CT molecular complexity index is 497. The highest BCUT2D eigenvalue weighted by Gasteiger charge is 2.61. The van der Waals surface area contributed by atoms with E-state index in [1.807, 2.05) is 13.8 Å². The lowest BCUT2D eigenvalue weighted by Crippen LogP contribution is -2.34. The second-order valence-corrected chi connectivity index (χ2v) is 5.03. The van der Waals surface area contributed by atoms with Gasteiger partial charge in [-0.15, -0.1) is 0 Å². The summed E-state index contributed by atoms with van der Waals surface area (Å²) in [6.45, 7) is 7.22. The molecule has 0 aromatic carbocycles. The van der Waals surface area contributed by atoms with E-state index in [0.717, 1.165) is 11.0 Å². The van der Waals surface area contributed by atoms with Gasteiger partial charge in [-0.25, -0.2) is 8.78 Å². The average Bonchev–Trinajstić information content (AvgIpc) is 2.79. The van der Waals surface area contributed by atoms with Crippen molar-refractivity contribution in [2.45, 2.75) is 44.7 Å². The Balaban J connectivity index is 2.12. The molecule has 1 aliphatic carbocycles. The van der Waals surface area contributed by atoms with E-state index in [4.69, 9.17) is 4.52 Å². The van der Waals surface area contributed by atoms with Crippen LogP contribution < -0.4 is 0 Å². The SMILES string of the molecule is C=CC(=O)N(Cc1cc(C(C)C)on1)C1CC1(F)F. The van der Waals surface area contributed by atoms with Gasteiger partial charge in [0.05, 0.1) is 6.54 Å². The molecule has 1 aromatic rings. The third kappa shape index (κ3) is 2.83. The van der Waals surface area contributed by atoms with E-state index in [-0.39, 0.29) is 18.9 Å². The Morgan fingerprint density at radius 2 is 2.37 bits per heavy atom. The molecule has 0 radical (unpaired) electrons. The van der Waals surface area contributed by atoms with Crippen LogP contribution in [0.4, 0.5) is 8.78 Å². The highest BCUT2D eigenvalue weighted by atomic mass is 19.3. The van der Waals surface area contributed by atoms with Crippen molar-refractivity contribution >= 4 is 5.91 Å². The Morgan fingerprint density at radius 3 is 2.79 bits per heavy atom. The normalized spacial score (nSPS) is 20.4. The van der Waals surface area contributed by atoms with Crippen LogP contribution in [0.15, 0.2) is 23.2 Å². The first-order chi connectivity index (χ1) is 8.85. The molecule has 0 aliphatic heterocycles. The van der Waals surface area contributed by atoms with Crippen LogP contribution in [0.2, 0.25) is 0 Å². The predicted octanol–water partition coefficient (Wildman–Crippen LogP) is 2.72. The van der Waals surface area contributed by atoms with Crippen molar-refractivity contribution in [3.05, 3.63) is 30.2 Å². The predicted molar refractivity (Wildman–Crippen MR) is 64.7 cm³/mol. The molecular weight excluding hydrogens is 254 g/mol. The lowest BCUT2D eigenvalue weighted by Gasteiger charge is -2.19. The van der Waals surface area contributed by atoms with Gasteiger partial charge in [0, 0.05) is 18.4 Å². The number of halogens is 2. The van der Waals surface area contributed by atoms with E-state index >= 15 is 0 Å². The summed E-state index contributed by atoms with van der Waals surface area (Å²) in [5, 5.41) is 3.80. The lowest BCUT2D eigenvalue weighted by atomic mass is 10.1. The molecule has 0 spiro atoms. The minimum Gasteiger partial charge on any atom is -0.361 e. The highest BCUT2D eigenvalue weighted by molar-refractivity contribution is 5.87. The fourth-order valence-corrected chi connectivity index (χ4v) is 1.85. The van der Waals surface area contributed by atoms with Gasteiger partial charge in [-0.1, -0.05) is 25.6 Å². The summed E-state index contributed by atoms with van der Waals surface area (Å²) in [4.78, 5) is 12.7. The Hall–Kier alpha value is -1.72. The molecule has 1 unspecified atom stereocenters. The number of rotatable bonds is 5. The fourth-order valence-electron chi connectivity index (χ4n) is 1.85. The number of carbonyl (C=O) groups is 1. The molecule has 6 heteroatoms. The second-order valence-electron chi connectivity index (χ2n) is 5.03. The molecule has 2 rings (SSSR count). The van der Waals surface area contributed by atoms with Crippen LogP contribution in [0.1, 0.15) is 37.6 Å². The summed E-state index contributed by atoms with van der Waals surface area (Å²) in [6.07, 6.45) is 0.735. The minimum atomic E-state index is -2.80. The average molecular weight is 270 g/mol. The summed E-state index contributed by atoms with van der Waals surface area (Å²) in [5.41, 5.74) is 0.474. The molecule has 1 heterocycles. The maximum atomic E-state index is 13.1. The Labute approximate surface area is 110 Å². The van der Waals surface area contributed by atoms with E-state index in [1.165, 1.54) is 0 Å². The van der Waals surface area contributed by atoms with Crippen molar-refractivity contribution in [2.24, 2.45) is 0 Å². The van der Waals surface area contributed by atoms with Crippen molar-refractivity contribution in [3.63, 3.8) is 0 Å². The van der Waals surface area contributed by atoms with Crippen molar-refractivity contribution in [2.75, 3.05) is 0 Å². The zero-order valence-corrected chi connectivity index (χ0v) is 10.9. The van der Waals surface area contributed by atoms with Gasteiger partial charge in [-0.2, -0.15) is 0 Å². The zero-order valence-electron chi connectivity index (χ0n) is 10.9. The molecule has 4 nitrogen and oxygen atoms in total. The van der Waals surface area contributed by atoms with Crippen LogP contribution in [0.25, 0.3) is 0 Å². The first-order valence-corrected chi connectivity index (χ1v) is 6.11. The smallest absolute Gasteiger partial charge is 0.270 e. The van der Waals surface area contributed by atoms with E-state index in [2.05, 4.69) is 11.7 Å². The summed E-state index contributed by atoms with van der Waals surface area (Å²) < 4.78 is 31.3. The van der Waals surface area contributed by atoms with Crippen molar-refractivity contribution < 1.29 is 18.1 Å². The molecule has 0 bridgehead atoms. The Morgan fingerprint density at radius 1 is 1.74 bits per heavy atom. The van der Waals surface area contributed by atoms with Gasteiger partial charge in [0.2, 0.25) is 5.91 Å². The second kappa shape index (κ2) is 4.75. The summed E-state index contributed by atoms with van der Waals surface area (Å²) >= 11 is 0. The van der Waals surface area contributed by atoms with Gasteiger partial charge in [0.1, 0.15) is 17.5 Å². The molecular formula is C13H16F2N2O2. The van der Waals surface area contributed by atoms with Gasteiger partial charge in [-0.05, 0) is 6.08 Å². The maximum absolute atomic E-state index is 13.1. The van der Waals surface area contributed by atoms with Gasteiger partial charge < -0.3 is 9.42 Å². The van der Waals surface area contributed by atoms with Gasteiger partial charge in [0.25, 0.3) is 5.92 Å². The number of carbonyl (C=O) groups excluding carboxylic acids is 1. The van der Waals surface area contributed by atoms with Crippen molar-refractivity contribution in [1.29, 1.82) is 0 Å². The zero-order chi connectivity index (χ0) is 14.2. The molecule has 19 heavy (non-hydrogen) atoms. The largest absolute Gasteiger partial charge is 0.361 e. The van der Waals surface area contributed by atoms with Crippen LogP contribution in [-0.4, -0.2) is 27.9 Å². The molecule has 1 saturated carbocycles. The van der Waals surface area contributed by atoms with Crippen LogP contribution in [0.5, 0.6) is 0 Å². The third-order valence-electron chi connectivity index (χ3n) is 3.11. The van der Waals surface area contributed by atoms with Crippen LogP contribution in [0.3, 0.4) is 0 Å². The monoisotopic (exact) mass is 270 g/mol. The van der Waals surface area contributed by atoms with E-state index in [0.29, 0.717) is 11.5 Å². The first kappa shape index (κ1) is 13.7. The number of hydrogen-bond acceptors (Lipinski definition) is 3. The standard InChI is InChI=1S/C13H16F2N2O2/c1-4-12(18)17(11-6-13(11,14)15)7-9-5-10(8(2)3)19-16-9/h4-5,8,11H,1,6-7H2,2-3H3. The first-order valence-electron chi connectivity index (χ1n) is 6.11. The van der Waals surface area contributed by atoms with Gasteiger partial charge in [-0.3, -0.25) is 4.79 Å². The minimum absolute atomic E-state index is 0.0152. The Kier molecular flexibility index (Phi) is 3.43. The fraction of sp³-hybridized carbons (Fsp3) is 0.538. The van der Waals surface area contributed by atoms with Crippen LogP contribution in [-0.2, 0) is 11.3 Å². The van der Waals surface area contributed by atoms with E-state index in [1.54, 1.807) is 6.07 Å². The number of alkyl halides is 2. The quantitative estimate of drug-likeness (QED) is 0.773. The molecule has 1 atom stereocenters. The summed E-state index contributed by atoms with van der Waals surface area (Å²) in [7, 11) is 0. The molecule has 104 valence electrons. The number of nitrogens with zero attached hydrogens (tertiary/aromatic N) is 2. The highest BCUT2D eigenvalue weighted by Crippen LogP contribution is 2.46. The van der Waals surface area contributed by atoms with Gasteiger partial charge in [0.15, 0.2) is 0 Å². The number of hydrogen-bond donors (Lipinski definition) is 0. The number of amides is 1. The molecule has 1 aliphatic rings. The van der Waals surface area contributed by atoms with Crippen molar-refractivity contribution in [3.8, 4) is 0 Å². The summed E-state index contributed by atoms with van der Waals surface area (Å²) in [6, 6.07) is 0.631. The van der Waals surface area contributed by atoms with Crippen LogP contribution >= 0.6 is 0 Å². The van der Waals surface area contributed by atoms with E-state index < -0.39 is 17.9 Å². The molecule has 0 N–H and O–H groups in total. The van der Waals surface area contributed by atoms with Crippen molar-refractivity contribution in [1.82, 2.24) is 10.1 Å². The molecule has 0 saturated heterocycles. The number of aromatic nitrogens is 1. The topological polar surface area (TPSA) is 46.3 Å². The maximum Gasteiger partial charge on any atom is 0.270 e. The lowest BCUT2D eigenvalue weighted by molar-refractivity contribution is -0.128.